The fourth-order valence-electron chi connectivity index (χ4n) is 7.39. The van der Waals surface area contributed by atoms with Gasteiger partial charge in [0.05, 0.1) is 25.0 Å². The molecule has 0 saturated carbocycles. The van der Waals surface area contributed by atoms with E-state index in [2.05, 4.69) is 38.3 Å². The van der Waals surface area contributed by atoms with Crippen LogP contribution in [0.4, 0.5) is 0 Å². The summed E-state index contributed by atoms with van der Waals surface area (Å²) in [6.45, 7) is 14.5. The van der Waals surface area contributed by atoms with E-state index in [0.29, 0.717) is 13.2 Å². The van der Waals surface area contributed by atoms with Crippen molar-refractivity contribution in [2.45, 2.75) is 246 Å². The molecule has 348 valence electrons. The van der Waals surface area contributed by atoms with Gasteiger partial charge in [0.1, 0.15) is 0 Å². The van der Waals surface area contributed by atoms with Crippen LogP contribution in [0.5, 0.6) is 0 Å². The molecule has 0 saturated heterocycles. The Hall–Kier alpha value is -1.22. The molecule has 0 aliphatic carbocycles. The van der Waals surface area contributed by atoms with Crippen molar-refractivity contribution in [3.63, 3.8) is 0 Å². The summed E-state index contributed by atoms with van der Waals surface area (Å²) in [6, 6.07) is 0. The van der Waals surface area contributed by atoms with Gasteiger partial charge in [0.15, 0.2) is 0 Å². The fraction of sp³-hybridized carbons (Fsp3) is 0.960. The van der Waals surface area contributed by atoms with E-state index in [4.69, 9.17) is 19.7 Å². The summed E-state index contributed by atoms with van der Waals surface area (Å²) in [4.78, 5) is 25.1. The molecule has 0 aromatic carbocycles. The summed E-state index contributed by atoms with van der Waals surface area (Å²) >= 11 is 0. The molecule has 0 radical (unpaired) electrons. The van der Waals surface area contributed by atoms with E-state index in [1.54, 1.807) is 0 Å². The van der Waals surface area contributed by atoms with Crippen LogP contribution in [0.15, 0.2) is 0 Å². The molecule has 0 fully saturated rings. The van der Waals surface area contributed by atoms with Crippen LogP contribution in [0, 0.1) is 11.8 Å². The highest BCUT2D eigenvalue weighted by Crippen LogP contribution is 2.22. The van der Waals surface area contributed by atoms with E-state index in [1.165, 1.54) is 128 Å². The van der Waals surface area contributed by atoms with E-state index in [-0.39, 0.29) is 37.0 Å². The third-order valence-corrected chi connectivity index (χ3v) is 11.3. The van der Waals surface area contributed by atoms with Crippen molar-refractivity contribution in [3.8, 4) is 0 Å². The van der Waals surface area contributed by atoms with Crippen LogP contribution < -0.4 is 10.6 Å². The number of rotatable bonds is 46. The molecular formula is C50H102N2O6. The van der Waals surface area contributed by atoms with Gasteiger partial charge in [0, 0.05) is 13.2 Å². The first-order valence-electron chi connectivity index (χ1n) is 25.5. The second-order valence-corrected chi connectivity index (χ2v) is 17.0. The van der Waals surface area contributed by atoms with Crippen LogP contribution in [-0.2, 0) is 19.1 Å². The van der Waals surface area contributed by atoms with Crippen molar-refractivity contribution < 1.29 is 29.3 Å². The maximum absolute atomic E-state index is 12.6. The Balaban J connectivity index is 0. The molecule has 58 heavy (non-hydrogen) atoms. The molecule has 8 heteroatoms. The largest absolute Gasteiger partial charge is 0.465 e. The van der Waals surface area contributed by atoms with Gasteiger partial charge in [-0.05, 0) is 90.4 Å². The Bertz CT molecular complexity index is 736. The monoisotopic (exact) mass is 827 g/mol. The standard InChI is InChI=1S/2C25H51NO3/c2*1-3-5-7-9-10-14-19-24(18-13-8-6-4-2)25(28)29-23-16-12-11-15-20-26-21-17-22-27/h2*24,26-27H,3-23H2,1-2H3. The number of nitrogens with one attached hydrogen (secondary N) is 2. The summed E-state index contributed by atoms with van der Waals surface area (Å²) < 4.78 is 11.3. The van der Waals surface area contributed by atoms with E-state index in [9.17, 15) is 9.59 Å². The molecule has 0 aliphatic rings. The lowest BCUT2D eigenvalue weighted by Crippen LogP contribution is -2.19. The number of aliphatic hydroxyl groups is 2. The van der Waals surface area contributed by atoms with Crippen LogP contribution in [0.2, 0.25) is 0 Å². The average Bonchev–Trinajstić information content (AvgIpc) is 3.23. The van der Waals surface area contributed by atoms with Crippen LogP contribution in [0.3, 0.4) is 0 Å². The summed E-state index contributed by atoms with van der Waals surface area (Å²) in [7, 11) is 0. The molecule has 0 bridgehead atoms. The predicted molar refractivity (Wildman–Crippen MR) is 248 cm³/mol. The van der Waals surface area contributed by atoms with Gasteiger partial charge in [-0.3, -0.25) is 9.59 Å². The molecule has 0 heterocycles. The highest BCUT2D eigenvalue weighted by atomic mass is 16.5. The number of hydrogen-bond donors (Lipinski definition) is 4. The van der Waals surface area contributed by atoms with Crippen molar-refractivity contribution in [2.75, 3.05) is 52.6 Å². The Labute approximate surface area is 361 Å². The summed E-state index contributed by atoms with van der Waals surface area (Å²) in [5.74, 6) is 0.351. The van der Waals surface area contributed by atoms with Gasteiger partial charge >= 0.3 is 11.9 Å². The molecule has 0 aromatic rings. The van der Waals surface area contributed by atoms with Crippen LogP contribution >= 0.6 is 0 Å². The van der Waals surface area contributed by atoms with Crippen LogP contribution in [0.25, 0.3) is 0 Å². The molecule has 0 rings (SSSR count). The minimum Gasteiger partial charge on any atom is -0.465 e. The number of carbonyl (C=O) groups is 2. The lowest BCUT2D eigenvalue weighted by molar-refractivity contribution is -0.150. The molecule has 2 unspecified atom stereocenters. The topological polar surface area (TPSA) is 117 Å². The van der Waals surface area contributed by atoms with Crippen molar-refractivity contribution in [1.82, 2.24) is 10.6 Å². The lowest BCUT2D eigenvalue weighted by atomic mass is 9.94. The van der Waals surface area contributed by atoms with Crippen molar-refractivity contribution in [1.29, 1.82) is 0 Å². The van der Waals surface area contributed by atoms with Gasteiger partial charge < -0.3 is 30.3 Å². The molecule has 8 nitrogen and oxygen atoms in total. The number of aliphatic hydroxyl groups excluding tert-OH is 2. The highest BCUT2D eigenvalue weighted by Gasteiger charge is 2.20. The molecule has 0 amide bonds. The Morgan fingerprint density at radius 1 is 0.362 bits per heavy atom. The van der Waals surface area contributed by atoms with E-state index in [0.717, 1.165) is 116 Å². The fourth-order valence-corrected chi connectivity index (χ4v) is 7.39. The second kappa shape index (κ2) is 51.9. The first-order chi connectivity index (χ1) is 28.5. The maximum atomic E-state index is 12.6. The zero-order valence-electron chi connectivity index (χ0n) is 39.4. The Kier molecular flexibility index (Phi) is 52.7. The zero-order valence-corrected chi connectivity index (χ0v) is 39.4. The van der Waals surface area contributed by atoms with E-state index < -0.39 is 0 Å². The normalized spacial score (nSPS) is 12.2. The number of esters is 2. The number of hydrogen-bond acceptors (Lipinski definition) is 8. The predicted octanol–water partition coefficient (Wildman–Crippen LogP) is 12.8. The third-order valence-electron chi connectivity index (χ3n) is 11.3. The van der Waals surface area contributed by atoms with Gasteiger partial charge in [0.25, 0.3) is 0 Å². The van der Waals surface area contributed by atoms with Gasteiger partial charge in [-0.1, -0.05) is 182 Å². The molecule has 2 atom stereocenters. The Morgan fingerprint density at radius 3 is 0.948 bits per heavy atom. The molecule has 0 aromatic heterocycles. The second-order valence-electron chi connectivity index (χ2n) is 17.0. The maximum Gasteiger partial charge on any atom is 0.308 e. The third kappa shape index (κ3) is 45.9. The number of unbranched alkanes of at least 4 members (excludes halogenated alkanes) is 22. The number of carbonyl (C=O) groups excluding carboxylic acids is 2. The minimum absolute atomic E-state index is 0.0562. The molecule has 4 N–H and O–H groups in total. The van der Waals surface area contributed by atoms with E-state index in [1.807, 2.05) is 0 Å². The summed E-state index contributed by atoms with van der Waals surface area (Å²) in [5.41, 5.74) is 0. The zero-order chi connectivity index (χ0) is 42.8. The Morgan fingerprint density at radius 2 is 0.621 bits per heavy atom. The van der Waals surface area contributed by atoms with Crippen molar-refractivity contribution >= 4 is 11.9 Å². The highest BCUT2D eigenvalue weighted by molar-refractivity contribution is 5.72. The van der Waals surface area contributed by atoms with E-state index >= 15 is 0 Å². The first-order valence-corrected chi connectivity index (χ1v) is 25.5. The summed E-state index contributed by atoms with van der Waals surface area (Å²) in [5, 5.41) is 24.1. The van der Waals surface area contributed by atoms with Crippen LogP contribution in [-0.4, -0.2) is 74.8 Å². The van der Waals surface area contributed by atoms with Crippen LogP contribution in [0.1, 0.15) is 246 Å². The number of ether oxygens (including phenoxy) is 2. The van der Waals surface area contributed by atoms with Crippen molar-refractivity contribution in [2.24, 2.45) is 11.8 Å². The SMILES string of the molecule is CCCCCCCCC(CCCCCC)C(=O)OCCCCCCNCCCO.CCCCCCCCC(CCCCCC)C(=O)OCCCCCCNCCCO. The lowest BCUT2D eigenvalue weighted by Gasteiger charge is -2.16. The van der Waals surface area contributed by atoms with Gasteiger partial charge in [0.2, 0.25) is 0 Å². The smallest absolute Gasteiger partial charge is 0.308 e. The van der Waals surface area contributed by atoms with Gasteiger partial charge in [-0.25, -0.2) is 0 Å². The molecule has 0 aliphatic heterocycles. The van der Waals surface area contributed by atoms with Gasteiger partial charge in [-0.15, -0.1) is 0 Å². The quantitative estimate of drug-likeness (QED) is 0.0354. The summed E-state index contributed by atoms with van der Waals surface area (Å²) in [6.07, 6.45) is 39.7. The average molecular weight is 827 g/mol. The first kappa shape index (κ1) is 58.9. The van der Waals surface area contributed by atoms with Gasteiger partial charge in [-0.2, -0.15) is 0 Å². The molecule has 0 spiro atoms. The van der Waals surface area contributed by atoms with Crippen molar-refractivity contribution in [3.05, 3.63) is 0 Å². The minimum atomic E-state index is 0.0562. The molecular weight excluding hydrogens is 725 g/mol.